The molecular weight excluding hydrogens is 281 g/mol. The molecule has 0 aliphatic carbocycles. The first kappa shape index (κ1) is 14.3. The van der Waals surface area contributed by atoms with E-state index in [9.17, 15) is 22.0 Å². The van der Waals surface area contributed by atoms with Crippen molar-refractivity contribution in [2.24, 2.45) is 0 Å². The first-order valence-electron chi connectivity index (χ1n) is 5.76. The molecule has 2 N–H and O–H groups in total. The molecule has 0 bridgehead atoms. The van der Waals surface area contributed by atoms with Gasteiger partial charge in [-0.15, -0.1) is 0 Å². The second kappa shape index (κ2) is 5.89. The predicted octanol–water partition coefficient (Wildman–Crippen LogP) is 3.15. The minimum Gasteiger partial charge on any atom is -0.380 e. The number of halogens is 5. The Morgan fingerprint density at radius 2 is 1.55 bits per heavy atom. The van der Waals surface area contributed by atoms with Gasteiger partial charge in [-0.2, -0.15) is 0 Å². The average Bonchev–Trinajstić information content (AvgIpc) is 2.95. The molecule has 0 aliphatic rings. The summed E-state index contributed by atoms with van der Waals surface area (Å²) in [7, 11) is 0. The minimum absolute atomic E-state index is 0.0407. The van der Waals surface area contributed by atoms with Crippen LogP contribution in [0.2, 0.25) is 0 Å². The molecule has 2 aromatic rings. The zero-order valence-electron chi connectivity index (χ0n) is 10.1. The molecule has 0 atom stereocenters. The molecule has 1 aromatic heterocycles. The third-order valence-electron chi connectivity index (χ3n) is 2.66. The Hall–Kier alpha value is -2.12. The number of hydrogen-bond donors (Lipinski definition) is 2. The zero-order chi connectivity index (χ0) is 14.7. The number of aromatic amines is 1. The van der Waals surface area contributed by atoms with Crippen molar-refractivity contribution >= 4 is 5.69 Å². The van der Waals surface area contributed by atoms with Crippen molar-refractivity contribution in [2.75, 3.05) is 11.9 Å². The van der Waals surface area contributed by atoms with Gasteiger partial charge in [0.15, 0.2) is 23.3 Å². The van der Waals surface area contributed by atoms with Gasteiger partial charge in [0.1, 0.15) is 11.5 Å². The fourth-order valence-corrected chi connectivity index (χ4v) is 1.66. The van der Waals surface area contributed by atoms with Gasteiger partial charge in [-0.25, -0.2) is 26.9 Å². The van der Waals surface area contributed by atoms with Crippen LogP contribution in [0.4, 0.5) is 27.6 Å². The van der Waals surface area contributed by atoms with Crippen LogP contribution in [0.5, 0.6) is 0 Å². The maximum Gasteiger partial charge on any atom is 0.200 e. The van der Waals surface area contributed by atoms with Crippen LogP contribution in [-0.4, -0.2) is 16.5 Å². The molecule has 0 aliphatic heterocycles. The van der Waals surface area contributed by atoms with Gasteiger partial charge < -0.3 is 10.3 Å². The predicted molar refractivity (Wildman–Crippen MR) is 61.6 cm³/mol. The number of rotatable bonds is 5. The monoisotopic (exact) mass is 291 g/mol. The Morgan fingerprint density at radius 3 is 2.10 bits per heavy atom. The number of anilines is 1. The van der Waals surface area contributed by atoms with E-state index >= 15 is 0 Å². The van der Waals surface area contributed by atoms with E-state index in [1.165, 1.54) is 0 Å². The van der Waals surface area contributed by atoms with Crippen molar-refractivity contribution in [1.29, 1.82) is 0 Å². The second-order valence-corrected chi connectivity index (χ2v) is 4.01. The molecule has 0 saturated carbocycles. The SMILES string of the molecule is Fc1c(F)c(F)c(NCCCc2ncc[nH]2)c(F)c1F. The summed E-state index contributed by atoms with van der Waals surface area (Å²) in [6, 6.07) is 0. The number of nitrogens with one attached hydrogen (secondary N) is 2. The maximum atomic E-state index is 13.3. The summed E-state index contributed by atoms with van der Waals surface area (Å²) in [5, 5.41) is 2.21. The highest BCUT2D eigenvalue weighted by Crippen LogP contribution is 2.26. The van der Waals surface area contributed by atoms with E-state index in [4.69, 9.17) is 0 Å². The van der Waals surface area contributed by atoms with Crippen molar-refractivity contribution < 1.29 is 22.0 Å². The van der Waals surface area contributed by atoms with Crippen molar-refractivity contribution in [3.05, 3.63) is 47.3 Å². The van der Waals surface area contributed by atoms with Crippen molar-refractivity contribution in [1.82, 2.24) is 9.97 Å². The zero-order valence-corrected chi connectivity index (χ0v) is 10.1. The molecule has 0 saturated heterocycles. The molecule has 20 heavy (non-hydrogen) atoms. The third-order valence-corrected chi connectivity index (χ3v) is 2.66. The Morgan fingerprint density at radius 1 is 0.950 bits per heavy atom. The molecule has 0 fully saturated rings. The van der Waals surface area contributed by atoms with Crippen molar-refractivity contribution in [3.8, 4) is 0 Å². The van der Waals surface area contributed by atoms with Gasteiger partial charge in [-0.3, -0.25) is 0 Å². The summed E-state index contributed by atoms with van der Waals surface area (Å²) in [5.74, 6) is -9.14. The van der Waals surface area contributed by atoms with Crippen LogP contribution in [0, 0.1) is 29.1 Å². The average molecular weight is 291 g/mol. The van der Waals surface area contributed by atoms with Gasteiger partial charge in [-0.05, 0) is 6.42 Å². The van der Waals surface area contributed by atoms with Crippen molar-refractivity contribution in [3.63, 3.8) is 0 Å². The molecule has 0 radical (unpaired) electrons. The number of benzene rings is 1. The molecule has 2 rings (SSSR count). The summed E-state index contributed by atoms with van der Waals surface area (Å²) in [5.41, 5.74) is -1.01. The third kappa shape index (κ3) is 2.73. The van der Waals surface area contributed by atoms with Gasteiger partial charge in [0.2, 0.25) is 5.82 Å². The molecular formula is C12H10F5N3. The van der Waals surface area contributed by atoms with E-state index in [0.29, 0.717) is 18.7 Å². The van der Waals surface area contributed by atoms with Crippen LogP contribution >= 0.6 is 0 Å². The highest BCUT2D eigenvalue weighted by molar-refractivity contribution is 5.47. The lowest BCUT2D eigenvalue weighted by Gasteiger charge is -2.10. The van der Waals surface area contributed by atoms with Crippen LogP contribution in [0.1, 0.15) is 12.2 Å². The Labute approximate surface area is 110 Å². The normalized spacial score (nSPS) is 10.8. The lowest BCUT2D eigenvalue weighted by Crippen LogP contribution is -2.11. The summed E-state index contributed by atoms with van der Waals surface area (Å²) in [4.78, 5) is 6.76. The molecule has 0 spiro atoms. The largest absolute Gasteiger partial charge is 0.380 e. The smallest absolute Gasteiger partial charge is 0.200 e. The van der Waals surface area contributed by atoms with Gasteiger partial charge in [0.05, 0.1) is 0 Å². The van der Waals surface area contributed by atoms with Crippen LogP contribution in [0.25, 0.3) is 0 Å². The van der Waals surface area contributed by atoms with Gasteiger partial charge in [-0.1, -0.05) is 0 Å². The maximum absolute atomic E-state index is 13.3. The first-order valence-corrected chi connectivity index (χ1v) is 5.76. The number of aromatic nitrogens is 2. The standard InChI is InChI=1S/C12H10F5N3/c13-7-8(14)10(16)12(11(17)9(7)15)20-3-1-2-6-18-4-5-19-6/h4-5,20H,1-3H2,(H,18,19). The van der Waals surface area contributed by atoms with E-state index < -0.39 is 34.8 Å². The molecule has 1 aromatic carbocycles. The molecule has 8 heteroatoms. The number of H-pyrrole nitrogens is 1. The summed E-state index contributed by atoms with van der Waals surface area (Å²) in [6.45, 7) is 0.0407. The first-order chi connectivity index (χ1) is 9.52. The quantitative estimate of drug-likeness (QED) is 0.384. The second-order valence-electron chi connectivity index (χ2n) is 4.01. The number of nitrogens with zero attached hydrogens (tertiary/aromatic N) is 1. The van der Waals surface area contributed by atoms with Gasteiger partial charge in [0.25, 0.3) is 0 Å². The minimum atomic E-state index is -2.17. The molecule has 1 heterocycles. The number of aryl methyl sites for hydroxylation is 1. The Kier molecular flexibility index (Phi) is 4.21. The Balaban J connectivity index is 2.02. The van der Waals surface area contributed by atoms with Crippen LogP contribution in [0.15, 0.2) is 12.4 Å². The van der Waals surface area contributed by atoms with Gasteiger partial charge in [0, 0.05) is 25.4 Å². The van der Waals surface area contributed by atoms with Crippen molar-refractivity contribution in [2.45, 2.75) is 12.8 Å². The fraction of sp³-hybridized carbons (Fsp3) is 0.250. The highest BCUT2D eigenvalue weighted by Gasteiger charge is 2.25. The Bertz CT molecular complexity index is 569. The highest BCUT2D eigenvalue weighted by atomic mass is 19.2. The summed E-state index contributed by atoms with van der Waals surface area (Å²) < 4.78 is 65.2. The summed E-state index contributed by atoms with van der Waals surface area (Å²) in [6.07, 6.45) is 4.06. The van der Waals surface area contributed by atoms with Crippen LogP contribution < -0.4 is 5.32 Å². The number of hydrogen-bond acceptors (Lipinski definition) is 2. The molecule has 0 amide bonds. The number of imidazole rings is 1. The van der Waals surface area contributed by atoms with E-state index in [-0.39, 0.29) is 6.54 Å². The van der Waals surface area contributed by atoms with E-state index in [0.717, 1.165) is 0 Å². The topological polar surface area (TPSA) is 40.7 Å². The van der Waals surface area contributed by atoms with E-state index in [2.05, 4.69) is 15.3 Å². The lowest BCUT2D eigenvalue weighted by molar-refractivity contribution is 0.381. The van der Waals surface area contributed by atoms with E-state index in [1.54, 1.807) is 12.4 Å². The molecule has 108 valence electrons. The fourth-order valence-electron chi connectivity index (χ4n) is 1.66. The molecule has 0 unspecified atom stereocenters. The van der Waals surface area contributed by atoms with Crippen LogP contribution in [0.3, 0.4) is 0 Å². The van der Waals surface area contributed by atoms with E-state index in [1.807, 2.05) is 0 Å². The molecule has 3 nitrogen and oxygen atoms in total. The lowest BCUT2D eigenvalue weighted by atomic mass is 10.2. The van der Waals surface area contributed by atoms with Gasteiger partial charge >= 0.3 is 0 Å². The van der Waals surface area contributed by atoms with Crippen LogP contribution in [-0.2, 0) is 6.42 Å². The summed E-state index contributed by atoms with van der Waals surface area (Å²) >= 11 is 0.